The highest BCUT2D eigenvalue weighted by Crippen LogP contribution is 2.30. The van der Waals surface area contributed by atoms with Gasteiger partial charge in [0.15, 0.2) is 0 Å². The second-order valence-corrected chi connectivity index (χ2v) is 4.26. The molecular formula is C14H17NO2. The maximum absolute atomic E-state index is 10.3. The zero-order chi connectivity index (χ0) is 12.3. The van der Waals surface area contributed by atoms with Crippen LogP contribution in [-0.2, 0) is 0 Å². The summed E-state index contributed by atoms with van der Waals surface area (Å²) in [5, 5.41) is 10.3. The van der Waals surface area contributed by atoms with Gasteiger partial charge in [-0.15, -0.1) is 0 Å². The Morgan fingerprint density at radius 1 is 1.29 bits per heavy atom. The van der Waals surface area contributed by atoms with E-state index in [0.29, 0.717) is 6.54 Å². The summed E-state index contributed by atoms with van der Waals surface area (Å²) >= 11 is 0. The highest BCUT2D eigenvalue weighted by atomic mass is 16.3. The first-order valence-corrected chi connectivity index (χ1v) is 5.69. The first-order valence-electron chi connectivity index (χ1n) is 5.69. The summed E-state index contributed by atoms with van der Waals surface area (Å²) in [7, 11) is 0. The number of hydrogen-bond acceptors (Lipinski definition) is 3. The summed E-state index contributed by atoms with van der Waals surface area (Å²) in [6.07, 6.45) is 2.49. The van der Waals surface area contributed by atoms with Crippen LogP contribution in [0.1, 0.15) is 28.7 Å². The number of furan rings is 1. The van der Waals surface area contributed by atoms with Crippen molar-refractivity contribution in [1.82, 2.24) is 0 Å². The minimum absolute atomic E-state index is 0.104. The van der Waals surface area contributed by atoms with Crippen LogP contribution in [0.3, 0.4) is 0 Å². The molecule has 0 saturated carbocycles. The molecule has 0 aliphatic heterocycles. The standard InChI is InChI=1S/C14H17NO2/c1-10-3-2-4-11(7-10)13(8-15)14(16)12-5-6-17-9-12/h2-7,9,13-14,16H,8,15H2,1H3. The summed E-state index contributed by atoms with van der Waals surface area (Å²) in [6.45, 7) is 2.43. The minimum atomic E-state index is -0.624. The van der Waals surface area contributed by atoms with Crippen LogP contribution in [0.5, 0.6) is 0 Å². The van der Waals surface area contributed by atoms with Gasteiger partial charge in [-0.3, -0.25) is 0 Å². The zero-order valence-corrected chi connectivity index (χ0v) is 9.84. The van der Waals surface area contributed by atoms with Crippen molar-refractivity contribution in [2.24, 2.45) is 5.73 Å². The third kappa shape index (κ3) is 2.57. The zero-order valence-electron chi connectivity index (χ0n) is 9.84. The number of nitrogens with two attached hydrogens (primary N) is 1. The molecule has 17 heavy (non-hydrogen) atoms. The molecule has 0 aliphatic rings. The largest absolute Gasteiger partial charge is 0.472 e. The van der Waals surface area contributed by atoms with Crippen molar-refractivity contribution in [2.75, 3.05) is 6.54 Å². The molecule has 0 radical (unpaired) electrons. The molecule has 0 saturated heterocycles. The second-order valence-electron chi connectivity index (χ2n) is 4.26. The lowest BCUT2D eigenvalue weighted by Gasteiger charge is -2.21. The molecule has 1 aromatic carbocycles. The summed E-state index contributed by atoms with van der Waals surface area (Å²) in [6, 6.07) is 9.83. The molecule has 0 bridgehead atoms. The molecule has 1 heterocycles. The average molecular weight is 231 g/mol. The van der Waals surface area contributed by atoms with Crippen LogP contribution in [0.2, 0.25) is 0 Å². The van der Waals surface area contributed by atoms with E-state index in [0.717, 1.165) is 11.1 Å². The van der Waals surface area contributed by atoms with Crippen LogP contribution in [0, 0.1) is 6.92 Å². The van der Waals surface area contributed by atoms with Gasteiger partial charge in [0.2, 0.25) is 0 Å². The lowest BCUT2D eigenvalue weighted by atomic mass is 9.89. The van der Waals surface area contributed by atoms with E-state index in [2.05, 4.69) is 6.07 Å². The van der Waals surface area contributed by atoms with Gasteiger partial charge < -0.3 is 15.3 Å². The molecule has 3 N–H and O–H groups in total. The molecule has 3 heteroatoms. The molecule has 0 spiro atoms. The smallest absolute Gasteiger partial charge is 0.0960 e. The SMILES string of the molecule is Cc1cccc(C(CN)C(O)c2ccoc2)c1. The number of aliphatic hydroxyl groups is 1. The predicted octanol–water partition coefficient (Wildman–Crippen LogP) is 2.36. The van der Waals surface area contributed by atoms with Gasteiger partial charge in [-0.2, -0.15) is 0 Å². The van der Waals surface area contributed by atoms with Crippen LogP contribution in [0.4, 0.5) is 0 Å². The Balaban J connectivity index is 2.27. The lowest BCUT2D eigenvalue weighted by Crippen LogP contribution is -2.19. The van der Waals surface area contributed by atoms with Gasteiger partial charge in [0.1, 0.15) is 0 Å². The van der Waals surface area contributed by atoms with E-state index in [9.17, 15) is 5.11 Å². The summed E-state index contributed by atoms with van der Waals surface area (Å²) in [5.74, 6) is -0.104. The van der Waals surface area contributed by atoms with E-state index in [1.54, 1.807) is 18.6 Å². The van der Waals surface area contributed by atoms with Crippen molar-refractivity contribution >= 4 is 0 Å². The van der Waals surface area contributed by atoms with Crippen molar-refractivity contribution in [3.8, 4) is 0 Å². The van der Waals surface area contributed by atoms with E-state index >= 15 is 0 Å². The number of aryl methyl sites for hydroxylation is 1. The highest BCUT2D eigenvalue weighted by molar-refractivity contribution is 5.29. The van der Waals surface area contributed by atoms with E-state index in [1.807, 2.05) is 25.1 Å². The molecule has 0 fully saturated rings. The van der Waals surface area contributed by atoms with Gasteiger partial charge in [-0.25, -0.2) is 0 Å². The van der Waals surface area contributed by atoms with Crippen LogP contribution in [0.15, 0.2) is 47.3 Å². The van der Waals surface area contributed by atoms with E-state index < -0.39 is 6.10 Å². The monoisotopic (exact) mass is 231 g/mol. The molecule has 2 atom stereocenters. The van der Waals surface area contributed by atoms with Gasteiger partial charge in [0.25, 0.3) is 0 Å². The Hall–Kier alpha value is -1.58. The Morgan fingerprint density at radius 2 is 2.12 bits per heavy atom. The molecule has 0 amide bonds. The molecule has 2 unspecified atom stereocenters. The van der Waals surface area contributed by atoms with Crippen molar-refractivity contribution < 1.29 is 9.52 Å². The number of aliphatic hydroxyl groups excluding tert-OH is 1. The molecule has 90 valence electrons. The average Bonchev–Trinajstić information content (AvgIpc) is 2.83. The van der Waals surface area contributed by atoms with E-state index in [1.165, 1.54) is 5.56 Å². The number of hydrogen-bond donors (Lipinski definition) is 2. The van der Waals surface area contributed by atoms with Gasteiger partial charge in [-0.1, -0.05) is 29.8 Å². The Labute approximate surface area is 101 Å². The molecular weight excluding hydrogens is 214 g/mol. The summed E-state index contributed by atoms with van der Waals surface area (Å²) in [5.41, 5.74) is 8.76. The third-order valence-electron chi connectivity index (χ3n) is 2.99. The Bertz CT molecular complexity index is 465. The fourth-order valence-corrected chi connectivity index (χ4v) is 2.02. The van der Waals surface area contributed by atoms with Gasteiger partial charge >= 0.3 is 0 Å². The number of benzene rings is 1. The third-order valence-corrected chi connectivity index (χ3v) is 2.99. The maximum atomic E-state index is 10.3. The van der Waals surface area contributed by atoms with Crippen LogP contribution >= 0.6 is 0 Å². The van der Waals surface area contributed by atoms with Crippen LogP contribution in [0.25, 0.3) is 0 Å². The van der Waals surface area contributed by atoms with E-state index in [-0.39, 0.29) is 5.92 Å². The van der Waals surface area contributed by atoms with Crippen molar-refractivity contribution in [1.29, 1.82) is 0 Å². The maximum Gasteiger partial charge on any atom is 0.0960 e. The van der Waals surface area contributed by atoms with Gasteiger partial charge in [-0.05, 0) is 18.6 Å². The van der Waals surface area contributed by atoms with Crippen LogP contribution in [-0.4, -0.2) is 11.7 Å². The van der Waals surface area contributed by atoms with Crippen molar-refractivity contribution in [2.45, 2.75) is 18.9 Å². The first kappa shape index (κ1) is 11.9. The fourth-order valence-electron chi connectivity index (χ4n) is 2.02. The van der Waals surface area contributed by atoms with Crippen molar-refractivity contribution in [3.05, 3.63) is 59.5 Å². The highest BCUT2D eigenvalue weighted by Gasteiger charge is 2.22. The van der Waals surface area contributed by atoms with Gasteiger partial charge in [0.05, 0.1) is 18.6 Å². The first-order chi connectivity index (χ1) is 8.22. The number of rotatable bonds is 4. The fraction of sp³-hybridized carbons (Fsp3) is 0.286. The quantitative estimate of drug-likeness (QED) is 0.849. The Morgan fingerprint density at radius 3 is 2.71 bits per heavy atom. The Kier molecular flexibility index (Phi) is 3.61. The molecule has 2 rings (SSSR count). The second kappa shape index (κ2) is 5.17. The van der Waals surface area contributed by atoms with Crippen LogP contribution < -0.4 is 5.73 Å². The molecule has 0 aliphatic carbocycles. The molecule has 3 nitrogen and oxygen atoms in total. The molecule has 1 aromatic heterocycles. The van der Waals surface area contributed by atoms with Gasteiger partial charge in [0, 0.05) is 18.0 Å². The normalized spacial score (nSPS) is 14.5. The summed E-state index contributed by atoms with van der Waals surface area (Å²) in [4.78, 5) is 0. The minimum Gasteiger partial charge on any atom is -0.472 e. The predicted molar refractivity (Wildman–Crippen MR) is 66.6 cm³/mol. The van der Waals surface area contributed by atoms with Crippen molar-refractivity contribution in [3.63, 3.8) is 0 Å². The molecule has 2 aromatic rings. The topological polar surface area (TPSA) is 59.4 Å². The van der Waals surface area contributed by atoms with E-state index in [4.69, 9.17) is 10.2 Å². The summed E-state index contributed by atoms with van der Waals surface area (Å²) < 4.78 is 4.99. The lowest BCUT2D eigenvalue weighted by molar-refractivity contribution is 0.146.